The normalized spacial score (nSPS) is 10.9. The number of aromatic nitrogens is 4. The molecule has 1 N–H and O–H groups in total. The zero-order valence-corrected chi connectivity index (χ0v) is 18.2. The Kier molecular flexibility index (Phi) is 6.18. The van der Waals surface area contributed by atoms with Crippen LogP contribution in [-0.4, -0.2) is 30.4 Å². The zero-order chi connectivity index (χ0) is 23.5. The van der Waals surface area contributed by atoms with Gasteiger partial charge in [-0.1, -0.05) is 29.8 Å². The number of rotatable bonds is 7. The number of nitrogens with zero attached hydrogens (tertiary/aromatic N) is 5. The van der Waals surface area contributed by atoms with Gasteiger partial charge in [-0.3, -0.25) is 24.3 Å². The third kappa shape index (κ3) is 5.24. The second kappa shape index (κ2) is 9.21. The average Bonchev–Trinajstić information content (AvgIpc) is 3.37. The Bertz CT molecular complexity index is 1330. The third-order valence-electron chi connectivity index (χ3n) is 4.95. The number of nitrogens with one attached hydrogen (secondary N) is 1. The van der Waals surface area contributed by atoms with Gasteiger partial charge < -0.3 is 5.32 Å². The molecular weight excluding hydrogens is 451 g/mol. The maximum Gasteiger partial charge on any atom is 0.307 e. The van der Waals surface area contributed by atoms with Crippen molar-refractivity contribution in [3.8, 4) is 0 Å². The van der Waals surface area contributed by atoms with Gasteiger partial charge in [-0.25, -0.2) is 4.39 Å². The van der Waals surface area contributed by atoms with Crippen molar-refractivity contribution in [1.82, 2.24) is 19.6 Å². The summed E-state index contributed by atoms with van der Waals surface area (Å²) in [6.45, 7) is 2.51. The summed E-state index contributed by atoms with van der Waals surface area (Å²) in [7, 11) is 0. The fraction of sp³-hybridized carbons (Fsp3) is 0.136. The molecule has 33 heavy (non-hydrogen) atoms. The first kappa shape index (κ1) is 22.2. The van der Waals surface area contributed by atoms with Gasteiger partial charge in [0.05, 0.1) is 18.0 Å². The highest BCUT2D eigenvalue weighted by molar-refractivity contribution is 6.31. The van der Waals surface area contributed by atoms with Crippen molar-refractivity contribution in [3.63, 3.8) is 0 Å². The van der Waals surface area contributed by atoms with Gasteiger partial charge in [0.15, 0.2) is 5.82 Å². The van der Waals surface area contributed by atoms with Gasteiger partial charge in [0.25, 0.3) is 5.91 Å². The number of amides is 1. The van der Waals surface area contributed by atoms with E-state index in [1.165, 1.54) is 29.2 Å². The second-order valence-corrected chi connectivity index (χ2v) is 7.78. The van der Waals surface area contributed by atoms with Crippen LogP contribution in [0, 0.1) is 22.9 Å². The van der Waals surface area contributed by atoms with Crippen LogP contribution >= 0.6 is 11.6 Å². The van der Waals surface area contributed by atoms with E-state index in [1.807, 2.05) is 6.92 Å². The molecule has 0 spiro atoms. The maximum absolute atomic E-state index is 13.3. The molecule has 0 aliphatic carbocycles. The van der Waals surface area contributed by atoms with Crippen LogP contribution in [0.4, 0.5) is 15.9 Å². The van der Waals surface area contributed by atoms with E-state index in [4.69, 9.17) is 11.6 Å². The van der Waals surface area contributed by atoms with Crippen LogP contribution in [0.3, 0.4) is 0 Å². The molecule has 0 saturated heterocycles. The highest BCUT2D eigenvalue weighted by Gasteiger charge is 2.13. The Morgan fingerprint density at radius 1 is 1.18 bits per heavy atom. The average molecular weight is 469 g/mol. The molecule has 9 nitrogen and oxygen atoms in total. The molecule has 0 aliphatic heterocycles. The number of aryl methyl sites for hydroxylation is 1. The Hall–Kier alpha value is -4.05. The molecule has 0 aliphatic rings. The lowest BCUT2D eigenvalue weighted by Crippen LogP contribution is -2.13. The van der Waals surface area contributed by atoms with Crippen LogP contribution in [0.15, 0.2) is 60.9 Å². The van der Waals surface area contributed by atoms with Crippen molar-refractivity contribution in [2.45, 2.75) is 20.0 Å². The van der Waals surface area contributed by atoms with Gasteiger partial charge >= 0.3 is 5.69 Å². The topological polar surface area (TPSA) is 108 Å². The lowest BCUT2D eigenvalue weighted by Gasteiger charge is -2.07. The SMILES string of the molecule is Cc1cc(NC(=O)c2ccc(Cn3cc([N+](=O)[O-])cn3)cc2)nn1Cc1ccc(F)cc1Cl. The van der Waals surface area contributed by atoms with Crippen molar-refractivity contribution in [1.29, 1.82) is 0 Å². The molecule has 0 radical (unpaired) electrons. The summed E-state index contributed by atoms with van der Waals surface area (Å²) in [5.41, 5.74) is 2.69. The monoisotopic (exact) mass is 468 g/mol. The van der Waals surface area contributed by atoms with Crippen molar-refractivity contribution >= 4 is 29.0 Å². The van der Waals surface area contributed by atoms with Crippen LogP contribution in [0.25, 0.3) is 0 Å². The van der Waals surface area contributed by atoms with Gasteiger partial charge in [-0.15, -0.1) is 0 Å². The third-order valence-corrected chi connectivity index (χ3v) is 5.30. The molecule has 0 atom stereocenters. The van der Waals surface area contributed by atoms with E-state index >= 15 is 0 Å². The summed E-state index contributed by atoms with van der Waals surface area (Å²) in [4.78, 5) is 22.9. The summed E-state index contributed by atoms with van der Waals surface area (Å²) >= 11 is 6.10. The van der Waals surface area contributed by atoms with Crippen LogP contribution in [0.5, 0.6) is 0 Å². The first-order chi connectivity index (χ1) is 15.8. The van der Waals surface area contributed by atoms with E-state index in [0.29, 0.717) is 35.1 Å². The Morgan fingerprint density at radius 3 is 2.61 bits per heavy atom. The Balaban J connectivity index is 1.40. The van der Waals surface area contributed by atoms with E-state index in [1.54, 1.807) is 41.1 Å². The lowest BCUT2D eigenvalue weighted by atomic mass is 10.1. The molecule has 0 fully saturated rings. The fourth-order valence-electron chi connectivity index (χ4n) is 3.21. The first-order valence-electron chi connectivity index (χ1n) is 9.84. The molecule has 0 saturated carbocycles. The minimum absolute atomic E-state index is 0.0811. The molecule has 0 bridgehead atoms. The summed E-state index contributed by atoms with van der Waals surface area (Å²) in [6, 6.07) is 12.7. The Labute approximate surface area is 192 Å². The smallest absolute Gasteiger partial charge is 0.305 e. The quantitative estimate of drug-likeness (QED) is 0.318. The van der Waals surface area contributed by atoms with Gasteiger partial charge in [-0.05, 0) is 42.3 Å². The van der Waals surface area contributed by atoms with Crippen LogP contribution in [0.1, 0.15) is 27.2 Å². The molecule has 4 rings (SSSR count). The Morgan fingerprint density at radius 2 is 1.94 bits per heavy atom. The van der Waals surface area contributed by atoms with Crippen molar-refractivity contribution < 1.29 is 14.1 Å². The van der Waals surface area contributed by atoms with Gasteiger partial charge in [0.1, 0.15) is 18.2 Å². The fourth-order valence-corrected chi connectivity index (χ4v) is 3.44. The van der Waals surface area contributed by atoms with Crippen LogP contribution in [-0.2, 0) is 13.1 Å². The van der Waals surface area contributed by atoms with Crippen LogP contribution < -0.4 is 5.32 Å². The van der Waals surface area contributed by atoms with Crippen molar-refractivity contribution in [3.05, 3.63) is 104 Å². The number of benzene rings is 2. The van der Waals surface area contributed by atoms with E-state index in [-0.39, 0.29) is 11.6 Å². The summed E-state index contributed by atoms with van der Waals surface area (Å²) in [5.74, 6) is -0.366. The highest BCUT2D eigenvalue weighted by atomic mass is 35.5. The number of hydrogen-bond donors (Lipinski definition) is 1. The van der Waals surface area contributed by atoms with Gasteiger partial charge in [0.2, 0.25) is 0 Å². The molecule has 2 heterocycles. The molecule has 168 valence electrons. The predicted molar refractivity (Wildman–Crippen MR) is 120 cm³/mol. The maximum atomic E-state index is 13.3. The summed E-state index contributed by atoms with van der Waals surface area (Å²) in [5, 5.41) is 22.2. The van der Waals surface area contributed by atoms with Crippen LogP contribution in [0.2, 0.25) is 5.02 Å². The first-order valence-corrected chi connectivity index (χ1v) is 10.2. The molecule has 2 aromatic heterocycles. The number of hydrogen-bond acceptors (Lipinski definition) is 5. The number of carbonyl (C=O) groups is 1. The minimum atomic E-state index is -0.506. The standard InChI is InChI=1S/C22H18ClFN6O3/c1-14-8-21(27-29(14)12-17-6-7-18(24)9-20(17)23)26-22(31)16-4-2-15(3-5-16)11-28-13-19(10-25-28)30(32)33/h2-10,13H,11-12H2,1H3,(H,26,27,31). The molecule has 11 heteroatoms. The van der Waals surface area contributed by atoms with Crippen molar-refractivity contribution in [2.75, 3.05) is 5.32 Å². The molecule has 1 amide bonds. The second-order valence-electron chi connectivity index (χ2n) is 7.37. The molecule has 0 unspecified atom stereocenters. The van der Waals surface area contributed by atoms with E-state index in [0.717, 1.165) is 11.3 Å². The largest absolute Gasteiger partial charge is 0.307 e. The van der Waals surface area contributed by atoms with E-state index in [9.17, 15) is 19.3 Å². The number of carbonyl (C=O) groups excluding carboxylic acids is 1. The summed E-state index contributed by atoms with van der Waals surface area (Å²) in [6.07, 6.45) is 2.53. The van der Waals surface area contributed by atoms with Gasteiger partial charge in [0, 0.05) is 22.3 Å². The molecule has 2 aromatic carbocycles. The lowest BCUT2D eigenvalue weighted by molar-refractivity contribution is -0.385. The van der Waals surface area contributed by atoms with E-state index < -0.39 is 10.7 Å². The van der Waals surface area contributed by atoms with Gasteiger partial charge in [-0.2, -0.15) is 10.2 Å². The number of nitro groups is 1. The molecule has 4 aromatic rings. The molecular formula is C22H18ClFN6O3. The number of halogens is 2. The van der Waals surface area contributed by atoms with Crippen molar-refractivity contribution in [2.24, 2.45) is 0 Å². The minimum Gasteiger partial charge on any atom is -0.305 e. The highest BCUT2D eigenvalue weighted by Crippen LogP contribution is 2.20. The zero-order valence-electron chi connectivity index (χ0n) is 17.4. The van der Waals surface area contributed by atoms with E-state index in [2.05, 4.69) is 15.5 Å². The summed E-state index contributed by atoms with van der Waals surface area (Å²) < 4.78 is 16.4. The predicted octanol–water partition coefficient (Wildman–Crippen LogP) is 4.44. The number of anilines is 1.